The van der Waals surface area contributed by atoms with E-state index in [0.717, 1.165) is 40.0 Å². The van der Waals surface area contributed by atoms with E-state index < -0.39 is 29.9 Å². The molecule has 2 aliphatic rings. The Morgan fingerprint density at radius 3 is 2.44 bits per heavy atom. The molecule has 1 aromatic heterocycles. The summed E-state index contributed by atoms with van der Waals surface area (Å²) in [5.41, 5.74) is 9.83. The molecule has 3 N–H and O–H groups in total. The van der Waals surface area contributed by atoms with E-state index in [-0.39, 0.29) is 12.3 Å². The third-order valence-electron chi connectivity index (χ3n) is 7.16. The number of urea groups is 1. The fourth-order valence-corrected chi connectivity index (χ4v) is 5.27. The Hall–Kier alpha value is -4.20. The van der Waals surface area contributed by atoms with Crippen molar-refractivity contribution in [2.45, 2.75) is 31.2 Å². The highest BCUT2D eigenvalue weighted by Gasteiger charge is 2.55. The van der Waals surface area contributed by atoms with Gasteiger partial charge in [0.05, 0.1) is 5.92 Å². The first kappa shape index (κ1) is 23.5. The number of aliphatic carboxylic acids is 1. The van der Waals surface area contributed by atoms with Gasteiger partial charge in [-0.2, -0.15) is 0 Å². The van der Waals surface area contributed by atoms with E-state index in [0.29, 0.717) is 18.9 Å². The van der Waals surface area contributed by atoms with Crippen LogP contribution >= 0.6 is 0 Å². The van der Waals surface area contributed by atoms with Gasteiger partial charge in [0.25, 0.3) is 0 Å². The second-order valence-electron chi connectivity index (χ2n) is 9.45. The van der Waals surface area contributed by atoms with Crippen LogP contribution in [0.4, 0.5) is 10.6 Å². The Labute approximate surface area is 209 Å². The Bertz CT molecular complexity index is 1280. The van der Waals surface area contributed by atoms with Crippen LogP contribution in [0.1, 0.15) is 29.9 Å². The summed E-state index contributed by atoms with van der Waals surface area (Å²) in [5.74, 6) is -2.02. The summed E-state index contributed by atoms with van der Waals surface area (Å²) in [4.78, 5) is 44.7. The first-order chi connectivity index (χ1) is 17.4. The average Bonchev–Trinajstić information content (AvgIpc) is 2.90. The molecule has 0 radical (unpaired) electrons. The van der Waals surface area contributed by atoms with Gasteiger partial charge < -0.3 is 15.7 Å². The summed E-state index contributed by atoms with van der Waals surface area (Å²) in [6.45, 7) is 0.949. The van der Waals surface area contributed by atoms with E-state index in [2.05, 4.69) is 41.4 Å². The molecule has 2 saturated heterocycles. The maximum Gasteiger partial charge on any atom is 0.327 e. The number of benzene rings is 2. The van der Waals surface area contributed by atoms with Gasteiger partial charge in [0.15, 0.2) is 6.04 Å². The maximum atomic E-state index is 13.3. The molecule has 3 atom stereocenters. The van der Waals surface area contributed by atoms with Crippen LogP contribution < -0.4 is 5.73 Å². The molecule has 0 spiro atoms. The molecular formula is C28H28N4O4. The molecule has 36 heavy (non-hydrogen) atoms. The van der Waals surface area contributed by atoms with Crippen LogP contribution in [-0.4, -0.2) is 56.9 Å². The van der Waals surface area contributed by atoms with E-state index >= 15 is 0 Å². The number of rotatable bonds is 5. The second-order valence-corrected chi connectivity index (χ2v) is 9.45. The molecule has 2 aliphatic heterocycles. The number of β-lactam (4-membered cyclic amide) rings is 1. The summed E-state index contributed by atoms with van der Waals surface area (Å²) in [7, 11) is 0. The normalized spacial score (nSPS) is 21.7. The van der Waals surface area contributed by atoms with Crippen molar-refractivity contribution in [3.8, 4) is 11.1 Å². The van der Waals surface area contributed by atoms with Crippen LogP contribution in [0.25, 0.3) is 11.1 Å². The number of carboxylic acids is 1. The zero-order valence-corrected chi connectivity index (χ0v) is 19.8. The van der Waals surface area contributed by atoms with Gasteiger partial charge in [-0.3, -0.25) is 4.79 Å². The number of carbonyl (C=O) groups is 3. The number of nitrogens with two attached hydrogens (primary N) is 1. The first-order valence-electron chi connectivity index (χ1n) is 12.1. The predicted octanol–water partition coefficient (Wildman–Crippen LogP) is 3.78. The summed E-state index contributed by atoms with van der Waals surface area (Å²) in [6, 6.07) is 20.1. The van der Waals surface area contributed by atoms with Gasteiger partial charge in [0.1, 0.15) is 5.82 Å². The van der Waals surface area contributed by atoms with Gasteiger partial charge in [-0.1, -0.05) is 54.6 Å². The number of hydrogen-bond acceptors (Lipinski definition) is 5. The number of aromatic nitrogens is 1. The minimum atomic E-state index is -1.19. The highest BCUT2D eigenvalue weighted by atomic mass is 16.4. The Morgan fingerprint density at radius 2 is 1.75 bits per heavy atom. The third-order valence-corrected chi connectivity index (χ3v) is 7.16. The first-order valence-corrected chi connectivity index (χ1v) is 12.1. The smallest absolute Gasteiger partial charge is 0.327 e. The van der Waals surface area contributed by atoms with Crippen molar-refractivity contribution in [1.82, 2.24) is 14.8 Å². The van der Waals surface area contributed by atoms with Gasteiger partial charge in [0, 0.05) is 25.2 Å². The molecule has 5 rings (SSSR count). The number of carbonyl (C=O) groups excluding carboxylic acids is 2. The summed E-state index contributed by atoms with van der Waals surface area (Å²) in [6.07, 6.45) is 3.43. The fraction of sp³-hybridized carbons (Fsp3) is 0.286. The van der Waals surface area contributed by atoms with Crippen molar-refractivity contribution in [3.63, 3.8) is 0 Å². The zero-order valence-electron chi connectivity index (χ0n) is 19.8. The third kappa shape index (κ3) is 4.54. The largest absolute Gasteiger partial charge is 0.480 e. The lowest BCUT2D eigenvalue weighted by molar-refractivity contribution is -0.166. The van der Waals surface area contributed by atoms with Crippen LogP contribution in [0.3, 0.4) is 0 Å². The number of nitrogens with zero attached hydrogens (tertiary/aromatic N) is 3. The van der Waals surface area contributed by atoms with Crippen molar-refractivity contribution in [1.29, 1.82) is 0 Å². The monoisotopic (exact) mass is 484 g/mol. The minimum absolute atomic E-state index is 0.128. The van der Waals surface area contributed by atoms with Crippen LogP contribution in [-0.2, 0) is 16.0 Å². The standard InChI is InChI=1S/C28H28N4O4/c29-24-16-18(12-13-30-24)15-23-25(27(34)35)32(26(23)33)28(36)31-14-4-7-22(17-31)21-10-8-20(9-11-21)19-5-2-1-3-6-19/h1-3,5-6,8-13,16,22-23,25H,4,7,14-15,17H2,(H2,29,30)(H,34,35)/t22?,23-,25+/m1/s1. The van der Waals surface area contributed by atoms with Crippen LogP contribution in [0.2, 0.25) is 0 Å². The number of imide groups is 1. The van der Waals surface area contributed by atoms with E-state index in [1.165, 1.54) is 6.20 Å². The number of nitrogen functional groups attached to an aromatic ring is 1. The van der Waals surface area contributed by atoms with E-state index in [1.807, 2.05) is 18.2 Å². The van der Waals surface area contributed by atoms with E-state index in [9.17, 15) is 19.5 Å². The lowest BCUT2D eigenvalue weighted by atomic mass is 9.82. The molecule has 0 aliphatic carbocycles. The van der Waals surface area contributed by atoms with Gasteiger partial charge in [0.2, 0.25) is 5.91 Å². The number of amides is 3. The zero-order chi connectivity index (χ0) is 25.2. The quantitative estimate of drug-likeness (QED) is 0.532. The predicted molar refractivity (Wildman–Crippen MR) is 135 cm³/mol. The summed E-state index contributed by atoms with van der Waals surface area (Å²) < 4.78 is 0. The summed E-state index contributed by atoms with van der Waals surface area (Å²) >= 11 is 0. The van der Waals surface area contributed by atoms with Gasteiger partial charge in [-0.25, -0.2) is 19.5 Å². The minimum Gasteiger partial charge on any atom is -0.480 e. The Morgan fingerprint density at radius 1 is 1.03 bits per heavy atom. The van der Waals surface area contributed by atoms with Crippen molar-refractivity contribution >= 4 is 23.7 Å². The molecule has 0 saturated carbocycles. The molecule has 2 fully saturated rings. The average molecular weight is 485 g/mol. The number of carboxylic acid groups (broad SMARTS) is 1. The SMILES string of the molecule is Nc1cc(C[C@H]2C(=O)N(C(=O)N3CCCC(c4ccc(-c5ccccc5)cc4)C3)[C@@H]2C(=O)O)ccn1. The van der Waals surface area contributed by atoms with Crippen LogP contribution in [0, 0.1) is 5.92 Å². The molecule has 3 heterocycles. The molecule has 8 nitrogen and oxygen atoms in total. The van der Waals surface area contributed by atoms with Gasteiger partial charge >= 0.3 is 12.0 Å². The molecule has 1 unspecified atom stereocenters. The molecule has 184 valence electrons. The Balaban J connectivity index is 1.27. The van der Waals surface area contributed by atoms with Gasteiger partial charge in [-0.15, -0.1) is 0 Å². The molecule has 3 aromatic rings. The molecule has 8 heteroatoms. The van der Waals surface area contributed by atoms with Crippen molar-refractivity contribution < 1.29 is 19.5 Å². The number of anilines is 1. The molecule has 3 amide bonds. The fourth-order valence-electron chi connectivity index (χ4n) is 5.27. The van der Waals surface area contributed by atoms with Crippen molar-refractivity contribution in [3.05, 3.63) is 84.1 Å². The molecule has 2 aromatic carbocycles. The topological polar surface area (TPSA) is 117 Å². The highest BCUT2D eigenvalue weighted by molar-refractivity contribution is 6.07. The second kappa shape index (κ2) is 9.81. The van der Waals surface area contributed by atoms with Crippen LogP contribution in [0.5, 0.6) is 0 Å². The Kier molecular flexibility index (Phi) is 6.41. The lowest BCUT2D eigenvalue weighted by Gasteiger charge is -2.46. The number of pyridine rings is 1. The van der Waals surface area contributed by atoms with Crippen molar-refractivity contribution in [2.75, 3.05) is 18.8 Å². The van der Waals surface area contributed by atoms with Gasteiger partial charge in [-0.05, 0) is 53.6 Å². The van der Waals surface area contributed by atoms with E-state index in [1.54, 1.807) is 17.0 Å². The maximum absolute atomic E-state index is 13.3. The molecular weight excluding hydrogens is 456 g/mol. The highest BCUT2D eigenvalue weighted by Crippen LogP contribution is 2.34. The number of piperidine rings is 1. The van der Waals surface area contributed by atoms with Crippen LogP contribution in [0.15, 0.2) is 72.9 Å². The number of hydrogen-bond donors (Lipinski definition) is 2. The molecule has 0 bridgehead atoms. The van der Waals surface area contributed by atoms with E-state index in [4.69, 9.17) is 5.73 Å². The van der Waals surface area contributed by atoms with Crippen molar-refractivity contribution in [2.24, 2.45) is 5.92 Å². The number of likely N-dealkylation sites (tertiary alicyclic amines) is 2. The summed E-state index contributed by atoms with van der Waals surface area (Å²) in [5, 5.41) is 9.82. The lowest BCUT2D eigenvalue weighted by Crippen LogP contribution is -2.69.